The quantitative estimate of drug-likeness (QED) is 0.711. The molecule has 1 fully saturated rings. The maximum atomic E-state index is 13.2. The highest BCUT2D eigenvalue weighted by Crippen LogP contribution is 2.33. The van der Waals surface area contributed by atoms with Crippen molar-refractivity contribution in [2.45, 2.75) is 39.7 Å². The molecule has 1 aliphatic rings. The van der Waals surface area contributed by atoms with Crippen LogP contribution in [0.4, 0.5) is 0 Å². The SMILES string of the molecule is COCCCn1c(C)cc(C(=O)N2C[C@@H](C(N)=O)[C@H](c3nc(C)no3)C2)c1C. The molecule has 0 aliphatic carbocycles. The standard InChI is InChI=1S/C19H27N5O4/c1-11-8-14(12(2)24(11)6-5-7-27-4)19(26)23-9-15(17(20)25)16(10-23)18-21-13(3)22-28-18/h8,15-16H,5-7,9-10H2,1-4H3,(H2,20,25)/t15-,16-/m1/s1. The molecule has 2 N–H and O–H groups in total. The van der Waals surface area contributed by atoms with Crippen molar-refractivity contribution >= 4 is 11.8 Å². The van der Waals surface area contributed by atoms with Crippen LogP contribution in [0.1, 0.15) is 45.8 Å². The molecule has 3 heterocycles. The second kappa shape index (κ2) is 8.14. The van der Waals surface area contributed by atoms with Crippen LogP contribution in [-0.4, -0.2) is 58.2 Å². The summed E-state index contributed by atoms with van der Waals surface area (Å²) in [6.07, 6.45) is 0.868. The molecule has 0 aromatic carbocycles. The van der Waals surface area contributed by atoms with Crippen molar-refractivity contribution in [1.82, 2.24) is 19.6 Å². The predicted molar refractivity (Wildman–Crippen MR) is 101 cm³/mol. The van der Waals surface area contributed by atoms with Gasteiger partial charge in [-0.15, -0.1) is 0 Å². The summed E-state index contributed by atoms with van der Waals surface area (Å²) in [6, 6.07) is 1.90. The number of hydrogen-bond acceptors (Lipinski definition) is 6. The zero-order valence-electron chi connectivity index (χ0n) is 16.8. The third-order valence-electron chi connectivity index (χ3n) is 5.37. The summed E-state index contributed by atoms with van der Waals surface area (Å²) < 4.78 is 12.5. The molecule has 152 valence electrons. The molecular weight excluding hydrogens is 362 g/mol. The lowest BCUT2D eigenvalue weighted by atomic mass is 9.95. The number of carbonyl (C=O) groups is 2. The van der Waals surface area contributed by atoms with Crippen molar-refractivity contribution in [3.8, 4) is 0 Å². The minimum absolute atomic E-state index is 0.115. The van der Waals surface area contributed by atoms with Crippen LogP contribution >= 0.6 is 0 Å². The number of likely N-dealkylation sites (tertiary alicyclic amines) is 1. The third kappa shape index (κ3) is 3.80. The van der Waals surface area contributed by atoms with Crippen LogP contribution in [0.2, 0.25) is 0 Å². The van der Waals surface area contributed by atoms with E-state index >= 15 is 0 Å². The number of nitrogens with two attached hydrogens (primary N) is 1. The zero-order valence-corrected chi connectivity index (χ0v) is 16.8. The number of ether oxygens (including phenoxy) is 1. The van der Waals surface area contributed by atoms with Gasteiger partial charge in [0, 0.05) is 44.7 Å². The average Bonchev–Trinajstić information content (AvgIpc) is 3.34. The van der Waals surface area contributed by atoms with Gasteiger partial charge in [0.25, 0.3) is 5.91 Å². The molecule has 0 radical (unpaired) electrons. The lowest BCUT2D eigenvalue weighted by Gasteiger charge is -2.16. The number of hydrogen-bond donors (Lipinski definition) is 1. The first-order chi connectivity index (χ1) is 13.3. The van der Waals surface area contributed by atoms with Gasteiger partial charge >= 0.3 is 0 Å². The Balaban J connectivity index is 1.81. The summed E-state index contributed by atoms with van der Waals surface area (Å²) in [5.74, 6) is -0.677. The number of primary amides is 1. The Morgan fingerprint density at radius 1 is 1.32 bits per heavy atom. The van der Waals surface area contributed by atoms with Crippen LogP contribution < -0.4 is 5.73 Å². The molecule has 2 amide bonds. The first kappa shape index (κ1) is 20.1. The Morgan fingerprint density at radius 3 is 2.68 bits per heavy atom. The van der Waals surface area contributed by atoms with Gasteiger partial charge < -0.3 is 24.5 Å². The molecule has 3 rings (SSSR count). The van der Waals surface area contributed by atoms with Crippen molar-refractivity contribution in [2.75, 3.05) is 26.8 Å². The number of aromatic nitrogens is 3. The smallest absolute Gasteiger partial charge is 0.255 e. The predicted octanol–water partition coefficient (Wildman–Crippen LogP) is 1.17. The van der Waals surface area contributed by atoms with E-state index in [0.717, 1.165) is 24.4 Å². The summed E-state index contributed by atoms with van der Waals surface area (Å²) in [7, 11) is 1.67. The molecule has 9 heteroatoms. The van der Waals surface area contributed by atoms with Crippen molar-refractivity contribution in [3.63, 3.8) is 0 Å². The van der Waals surface area contributed by atoms with Gasteiger partial charge in [-0.1, -0.05) is 5.16 Å². The van der Waals surface area contributed by atoms with E-state index in [4.69, 9.17) is 15.0 Å². The van der Waals surface area contributed by atoms with Crippen molar-refractivity contribution in [3.05, 3.63) is 34.7 Å². The fourth-order valence-electron chi connectivity index (χ4n) is 3.87. The van der Waals surface area contributed by atoms with Gasteiger partial charge in [-0.3, -0.25) is 9.59 Å². The molecule has 0 bridgehead atoms. The number of rotatable bonds is 7. The Morgan fingerprint density at radius 2 is 2.07 bits per heavy atom. The second-order valence-corrected chi connectivity index (χ2v) is 7.29. The van der Waals surface area contributed by atoms with E-state index in [1.54, 1.807) is 18.9 Å². The molecule has 2 aromatic rings. The van der Waals surface area contributed by atoms with Crippen molar-refractivity contribution < 1.29 is 18.8 Å². The average molecular weight is 389 g/mol. The molecule has 1 saturated heterocycles. The lowest BCUT2D eigenvalue weighted by molar-refractivity contribution is -0.121. The van der Waals surface area contributed by atoms with Gasteiger partial charge in [0.1, 0.15) is 0 Å². The lowest BCUT2D eigenvalue weighted by Crippen LogP contribution is -2.32. The number of methoxy groups -OCH3 is 1. The van der Waals surface area contributed by atoms with Crippen LogP contribution in [0, 0.1) is 26.7 Å². The molecule has 1 aliphatic heterocycles. The first-order valence-electron chi connectivity index (χ1n) is 9.38. The number of amides is 2. The third-order valence-corrected chi connectivity index (χ3v) is 5.37. The fourth-order valence-corrected chi connectivity index (χ4v) is 3.87. The van der Waals surface area contributed by atoms with Crippen molar-refractivity contribution in [2.24, 2.45) is 11.7 Å². The summed E-state index contributed by atoms with van der Waals surface area (Å²) in [5.41, 5.74) is 8.14. The van der Waals surface area contributed by atoms with Gasteiger partial charge in [0.2, 0.25) is 11.8 Å². The first-order valence-corrected chi connectivity index (χ1v) is 9.38. The fraction of sp³-hybridized carbons (Fsp3) is 0.579. The van der Waals surface area contributed by atoms with Crippen LogP contribution in [0.15, 0.2) is 10.6 Å². The number of nitrogens with zero attached hydrogens (tertiary/aromatic N) is 4. The highest BCUT2D eigenvalue weighted by molar-refractivity contribution is 5.96. The van der Waals surface area contributed by atoms with Gasteiger partial charge in [-0.2, -0.15) is 4.98 Å². The van der Waals surface area contributed by atoms with E-state index in [0.29, 0.717) is 30.4 Å². The maximum absolute atomic E-state index is 13.2. The molecule has 2 atom stereocenters. The van der Waals surface area contributed by atoms with Gasteiger partial charge in [0.15, 0.2) is 5.82 Å². The minimum Gasteiger partial charge on any atom is -0.385 e. The van der Waals surface area contributed by atoms with E-state index in [2.05, 4.69) is 14.7 Å². The van der Waals surface area contributed by atoms with Crippen LogP contribution in [0.3, 0.4) is 0 Å². The Hall–Kier alpha value is -2.68. The summed E-state index contributed by atoms with van der Waals surface area (Å²) in [4.78, 5) is 31.0. The highest BCUT2D eigenvalue weighted by atomic mass is 16.5. The van der Waals surface area contributed by atoms with E-state index in [1.165, 1.54) is 0 Å². The Kier molecular flexibility index (Phi) is 5.83. The van der Waals surface area contributed by atoms with Crippen LogP contribution in [-0.2, 0) is 16.1 Å². The molecule has 0 spiro atoms. The molecular formula is C19H27N5O4. The highest BCUT2D eigenvalue weighted by Gasteiger charge is 2.43. The van der Waals surface area contributed by atoms with Gasteiger partial charge in [0.05, 0.1) is 17.4 Å². The van der Waals surface area contributed by atoms with Gasteiger partial charge in [-0.05, 0) is 33.3 Å². The molecule has 28 heavy (non-hydrogen) atoms. The van der Waals surface area contributed by atoms with E-state index in [9.17, 15) is 9.59 Å². The number of aryl methyl sites for hydroxylation is 2. The maximum Gasteiger partial charge on any atom is 0.255 e. The van der Waals surface area contributed by atoms with Gasteiger partial charge in [-0.25, -0.2) is 0 Å². The largest absolute Gasteiger partial charge is 0.385 e. The van der Waals surface area contributed by atoms with Crippen LogP contribution in [0.25, 0.3) is 0 Å². The number of carbonyl (C=O) groups excluding carboxylic acids is 2. The minimum atomic E-state index is -0.547. The van der Waals surface area contributed by atoms with Crippen LogP contribution in [0.5, 0.6) is 0 Å². The summed E-state index contributed by atoms with van der Waals surface area (Å²) in [5, 5.41) is 3.79. The molecule has 2 aromatic heterocycles. The van der Waals surface area contributed by atoms with E-state index < -0.39 is 11.8 Å². The van der Waals surface area contributed by atoms with E-state index in [-0.39, 0.29) is 18.4 Å². The molecule has 0 saturated carbocycles. The molecule has 9 nitrogen and oxygen atoms in total. The van der Waals surface area contributed by atoms with E-state index in [1.807, 2.05) is 19.9 Å². The Labute approximate surface area is 163 Å². The topological polar surface area (TPSA) is 116 Å². The second-order valence-electron chi connectivity index (χ2n) is 7.29. The molecule has 0 unspecified atom stereocenters. The summed E-state index contributed by atoms with van der Waals surface area (Å²) >= 11 is 0. The normalized spacial score (nSPS) is 19.4. The monoisotopic (exact) mass is 389 g/mol. The van der Waals surface area contributed by atoms with Crippen molar-refractivity contribution in [1.29, 1.82) is 0 Å². The Bertz CT molecular complexity index is 872. The zero-order chi connectivity index (χ0) is 20.4. The summed E-state index contributed by atoms with van der Waals surface area (Å²) in [6.45, 7) is 7.65.